The van der Waals surface area contributed by atoms with E-state index in [2.05, 4.69) is 23.3 Å². The molecule has 98 valence electrons. The van der Waals surface area contributed by atoms with Crippen LogP contribution in [0.25, 0.3) is 0 Å². The van der Waals surface area contributed by atoms with Gasteiger partial charge in [-0.25, -0.2) is 0 Å². The molecule has 1 aromatic heterocycles. The first-order valence-electron chi connectivity index (χ1n) is 6.35. The van der Waals surface area contributed by atoms with Crippen LogP contribution in [-0.2, 0) is 6.54 Å². The van der Waals surface area contributed by atoms with E-state index in [1.165, 1.54) is 5.56 Å². The molecule has 0 bridgehead atoms. The van der Waals surface area contributed by atoms with Crippen molar-refractivity contribution >= 4 is 0 Å². The summed E-state index contributed by atoms with van der Waals surface area (Å²) in [5, 5.41) is 3.48. The lowest BCUT2D eigenvalue weighted by atomic mass is 10.1. The molecule has 4 heteroatoms. The Balaban J connectivity index is 1.69. The van der Waals surface area contributed by atoms with E-state index >= 15 is 0 Å². The molecule has 19 heavy (non-hydrogen) atoms. The normalized spacial score (nSPS) is 14.4. The molecule has 0 saturated heterocycles. The number of fused-ring (bicyclic) bond motifs is 1. The highest BCUT2D eigenvalue weighted by atomic mass is 16.7. The number of pyridine rings is 1. The van der Waals surface area contributed by atoms with Crippen molar-refractivity contribution in [3.05, 3.63) is 53.9 Å². The van der Waals surface area contributed by atoms with Gasteiger partial charge in [-0.3, -0.25) is 4.98 Å². The van der Waals surface area contributed by atoms with Gasteiger partial charge in [0, 0.05) is 30.5 Å². The van der Waals surface area contributed by atoms with E-state index in [1.807, 2.05) is 36.7 Å². The van der Waals surface area contributed by atoms with Crippen LogP contribution in [0, 0.1) is 0 Å². The Morgan fingerprint density at radius 3 is 2.89 bits per heavy atom. The van der Waals surface area contributed by atoms with Crippen LogP contribution >= 0.6 is 0 Å². The summed E-state index contributed by atoms with van der Waals surface area (Å²) < 4.78 is 10.9. The Kier molecular flexibility index (Phi) is 3.33. The number of para-hydroxylation sites is 1. The van der Waals surface area contributed by atoms with Crippen LogP contribution in [0.1, 0.15) is 24.1 Å². The zero-order valence-corrected chi connectivity index (χ0v) is 10.8. The summed E-state index contributed by atoms with van der Waals surface area (Å²) in [5.74, 6) is 1.69. The molecule has 1 aromatic carbocycles. The average Bonchev–Trinajstić information content (AvgIpc) is 2.94. The number of aromatic nitrogens is 1. The van der Waals surface area contributed by atoms with Gasteiger partial charge >= 0.3 is 0 Å². The third kappa shape index (κ3) is 2.53. The summed E-state index contributed by atoms with van der Waals surface area (Å²) in [6, 6.07) is 10.3. The van der Waals surface area contributed by atoms with Crippen molar-refractivity contribution in [2.75, 3.05) is 6.79 Å². The van der Waals surface area contributed by atoms with Crippen LogP contribution in [0.5, 0.6) is 11.5 Å². The zero-order valence-electron chi connectivity index (χ0n) is 10.8. The Morgan fingerprint density at radius 2 is 2.05 bits per heavy atom. The number of ether oxygens (including phenoxy) is 2. The number of rotatable bonds is 4. The lowest BCUT2D eigenvalue weighted by molar-refractivity contribution is 0.173. The number of nitrogens with one attached hydrogen (secondary N) is 1. The van der Waals surface area contributed by atoms with Crippen LogP contribution in [0.15, 0.2) is 42.7 Å². The van der Waals surface area contributed by atoms with Crippen molar-refractivity contribution in [2.24, 2.45) is 0 Å². The van der Waals surface area contributed by atoms with E-state index in [1.54, 1.807) is 0 Å². The van der Waals surface area contributed by atoms with E-state index in [0.29, 0.717) is 6.79 Å². The molecular weight excluding hydrogens is 240 g/mol. The van der Waals surface area contributed by atoms with Gasteiger partial charge in [-0.05, 0) is 30.7 Å². The van der Waals surface area contributed by atoms with Gasteiger partial charge in [-0.2, -0.15) is 0 Å². The molecule has 0 radical (unpaired) electrons. The first kappa shape index (κ1) is 12.0. The van der Waals surface area contributed by atoms with E-state index in [-0.39, 0.29) is 6.04 Å². The van der Waals surface area contributed by atoms with E-state index < -0.39 is 0 Å². The maximum absolute atomic E-state index is 5.50. The molecule has 0 spiro atoms. The van der Waals surface area contributed by atoms with E-state index in [4.69, 9.17) is 9.47 Å². The van der Waals surface area contributed by atoms with Crippen LogP contribution in [0.3, 0.4) is 0 Å². The summed E-state index contributed by atoms with van der Waals surface area (Å²) >= 11 is 0. The lowest BCUT2D eigenvalue weighted by Crippen LogP contribution is -2.18. The second-order valence-electron chi connectivity index (χ2n) is 4.53. The van der Waals surface area contributed by atoms with Crippen molar-refractivity contribution in [3.63, 3.8) is 0 Å². The minimum Gasteiger partial charge on any atom is -0.454 e. The molecule has 2 heterocycles. The molecule has 4 nitrogen and oxygen atoms in total. The first-order chi connectivity index (χ1) is 9.34. The molecule has 1 atom stereocenters. The molecule has 0 amide bonds. The topological polar surface area (TPSA) is 43.4 Å². The summed E-state index contributed by atoms with van der Waals surface area (Å²) in [5.41, 5.74) is 2.34. The third-order valence-electron chi connectivity index (χ3n) is 3.28. The third-order valence-corrected chi connectivity index (χ3v) is 3.28. The molecule has 0 saturated carbocycles. The van der Waals surface area contributed by atoms with E-state index in [9.17, 15) is 0 Å². The van der Waals surface area contributed by atoms with Gasteiger partial charge in [-0.15, -0.1) is 0 Å². The summed E-state index contributed by atoms with van der Waals surface area (Å²) in [6.07, 6.45) is 3.62. The van der Waals surface area contributed by atoms with Gasteiger partial charge < -0.3 is 14.8 Å². The number of hydrogen-bond acceptors (Lipinski definition) is 4. The molecule has 1 unspecified atom stereocenters. The fraction of sp³-hybridized carbons (Fsp3) is 0.267. The molecule has 3 rings (SSSR count). The van der Waals surface area contributed by atoms with Crippen molar-refractivity contribution in [1.29, 1.82) is 0 Å². The Labute approximate surface area is 112 Å². The fourth-order valence-electron chi connectivity index (χ4n) is 2.16. The monoisotopic (exact) mass is 256 g/mol. The molecule has 1 N–H and O–H groups in total. The molecule has 0 fully saturated rings. The van der Waals surface area contributed by atoms with Crippen LogP contribution in [0.2, 0.25) is 0 Å². The number of benzene rings is 1. The highest BCUT2D eigenvalue weighted by molar-refractivity contribution is 5.48. The standard InChI is InChI=1S/C15H16N2O2/c1-11(12-5-7-16-8-6-12)17-9-13-3-2-4-14-15(13)19-10-18-14/h2-8,11,17H,9-10H2,1H3. The first-order valence-corrected chi connectivity index (χ1v) is 6.35. The Bertz CT molecular complexity index is 557. The highest BCUT2D eigenvalue weighted by Gasteiger charge is 2.17. The Hall–Kier alpha value is -2.07. The number of nitrogens with zero attached hydrogens (tertiary/aromatic N) is 1. The van der Waals surface area contributed by atoms with Crippen molar-refractivity contribution in [1.82, 2.24) is 10.3 Å². The summed E-state index contributed by atoms with van der Waals surface area (Å²) in [4.78, 5) is 4.03. The van der Waals surface area contributed by atoms with Gasteiger partial charge in [0.2, 0.25) is 6.79 Å². The van der Waals surface area contributed by atoms with Crippen molar-refractivity contribution in [2.45, 2.75) is 19.5 Å². The maximum Gasteiger partial charge on any atom is 0.231 e. The van der Waals surface area contributed by atoms with Gasteiger partial charge in [0.1, 0.15) is 0 Å². The predicted octanol–water partition coefficient (Wildman–Crippen LogP) is 2.66. The molecule has 1 aliphatic rings. The van der Waals surface area contributed by atoms with Gasteiger partial charge in [-0.1, -0.05) is 12.1 Å². The number of hydrogen-bond donors (Lipinski definition) is 1. The van der Waals surface area contributed by atoms with Gasteiger partial charge in [0.15, 0.2) is 11.5 Å². The molecule has 0 aliphatic carbocycles. The average molecular weight is 256 g/mol. The van der Waals surface area contributed by atoms with E-state index in [0.717, 1.165) is 23.6 Å². The van der Waals surface area contributed by atoms with Crippen molar-refractivity contribution < 1.29 is 9.47 Å². The minimum absolute atomic E-state index is 0.265. The molecular formula is C15H16N2O2. The second kappa shape index (κ2) is 5.28. The summed E-state index contributed by atoms with van der Waals surface area (Å²) in [6.45, 7) is 3.19. The smallest absolute Gasteiger partial charge is 0.231 e. The van der Waals surface area contributed by atoms with Gasteiger partial charge in [0.25, 0.3) is 0 Å². The molecule has 1 aliphatic heterocycles. The fourth-order valence-corrected chi connectivity index (χ4v) is 2.16. The van der Waals surface area contributed by atoms with Crippen LogP contribution in [-0.4, -0.2) is 11.8 Å². The summed E-state index contributed by atoms with van der Waals surface area (Å²) in [7, 11) is 0. The largest absolute Gasteiger partial charge is 0.454 e. The second-order valence-corrected chi connectivity index (χ2v) is 4.53. The Morgan fingerprint density at radius 1 is 1.21 bits per heavy atom. The minimum atomic E-state index is 0.265. The predicted molar refractivity (Wildman–Crippen MR) is 72.1 cm³/mol. The van der Waals surface area contributed by atoms with Crippen LogP contribution in [0.4, 0.5) is 0 Å². The zero-order chi connectivity index (χ0) is 13.1. The maximum atomic E-state index is 5.50. The lowest BCUT2D eigenvalue weighted by Gasteiger charge is -2.14. The van der Waals surface area contributed by atoms with Crippen LogP contribution < -0.4 is 14.8 Å². The highest BCUT2D eigenvalue weighted by Crippen LogP contribution is 2.35. The molecule has 2 aromatic rings. The quantitative estimate of drug-likeness (QED) is 0.913. The van der Waals surface area contributed by atoms with Gasteiger partial charge in [0.05, 0.1) is 0 Å². The van der Waals surface area contributed by atoms with Crippen molar-refractivity contribution in [3.8, 4) is 11.5 Å². The SMILES string of the molecule is CC(NCc1cccc2c1OCO2)c1ccncc1.